The molecule has 2 aromatic rings. The van der Waals surface area contributed by atoms with Gasteiger partial charge >= 0.3 is 5.69 Å². The predicted molar refractivity (Wildman–Crippen MR) is 130 cm³/mol. The minimum atomic E-state index is -0.726. The summed E-state index contributed by atoms with van der Waals surface area (Å²) in [7, 11) is 0. The lowest BCUT2D eigenvalue weighted by atomic mass is 10.1. The Morgan fingerprint density at radius 3 is 2.45 bits per heavy atom. The van der Waals surface area contributed by atoms with Crippen LogP contribution in [0.15, 0.2) is 27.8 Å². The fourth-order valence-corrected chi connectivity index (χ4v) is 4.16. The van der Waals surface area contributed by atoms with Crippen LogP contribution >= 0.6 is 11.6 Å². The lowest BCUT2D eigenvalue weighted by molar-refractivity contribution is -0.117. The lowest BCUT2D eigenvalue weighted by Crippen LogP contribution is -2.43. The molecule has 0 saturated carbocycles. The zero-order chi connectivity index (χ0) is 24.4. The number of aromatic amines is 1. The maximum atomic E-state index is 13.6. The highest BCUT2D eigenvalue weighted by molar-refractivity contribution is 6.34. The zero-order valence-corrected chi connectivity index (χ0v) is 20.1. The van der Waals surface area contributed by atoms with Crippen molar-refractivity contribution in [3.05, 3.63) is 49.6 Å². The van der Waals surface area contributed by atoms with Gasteiger partial charge in [0.05, 0.1) is 10.7 Å². The first-order valence-electron chi connectivity index (χ1n) is 11.1. The highest BCUT2D eigenvalue weighted by Crippen LogP contribution is 2.31. The van der Waals surface area contributed by atoms with E-state index in [9.17, 15) is 19.2 Å². The summed E-state index contributed by atoms with van der Waals surface area (Å²) < 4.78 is 1.28. The molecule has 0 atom stereocenters. The van der Waals surface area contributed by atoms with E-state index in [0.717, 1.165) is 6.42 Å². The van der Waals surface area contributed by atoms with E-state index in [0.29, 0.717) is 30.2 Å². The topological polar surface area (TPSA) is 121 Å². The molecule has 1 aromatic heterocycles. The van der Waals surface area contributed by atoms with Crippen molar-refractivity contribution in [2.45, 2.75) is 47.1 Å². The molecule has 2 amide bonds. The largest absolute Gasteiger partial charge is 0.383 e. The quantitative estimate of drug-likeness (QED) is 0.637. The zero-order valence-electron chi connectivity index (χ0n) is 19.4. The highest BCUT2D eigenvalue weighted by atomic mass is 35.5. The Kier molecular flexibility index (Phi) is 7.31. The van der Waals surface area contributed by atoms with Crippen LogP contribution in [-0.4, -0.2) is 34.5 Å². The first kappa shape index (κ1) is 24.6. The summed E-state index contributed by atoms with van der Waals surface area (Å²) in [6, 6.07) is 4.68. The molecule has 1 aliphatic heterocycles. The third kappa shape index (κ3) is 5.13. The van der Waals surface area contributed by atoms with Gasteiger partial charge in [-0.15, -0.1) is 0 Å². The second kappa shape index (κ2) is 9.82. The molecule has 3 rings (SSSR count). The number of hydrogen-bond donors (Lipinski definition) is 2. The van der Waals surface area contributed by atoms with Gasteiger partial charge in [0, 0.05) is 31.6 Å². The summed E-state index contributed by atoms with van der Waals surface area (Å²) in [5.74, 6) is -0.488. The SMILES string of the molecule is CC(C)CN(C(=O)c1ccc(Cl)c(N2CCCC2=O)c1)c1c(N)n(CC(C)C)c(=O)[nH]c1=O. The smallest absolute Gasteiger partial charge is 0.330 e. The number of anilines is 3. The second-order valence-corrected chi connectivity index (χ2v) is 9.53. The number of nitrogens with zero attached hydrogens (tertiary/aromatic N) is 3. The standard InChI is InChI=1S/C23H30ClN5O4/c1-13(2)11-28(19-20(25)29(12-14(3)4)23(33)26-21(19)31)22(32)15-7-8-16(24)17(10-15)27-9-5-6-18(27)30/h7-8,10,13-14H,5-6,9,11-12,25H2,1-4H3,(H,26,31,33). The van der Waals surface area contributed by atoms with Gasteiger partial charge in [-0.3, -0.25) is 23.9 Å². The molecule has 178 valence electrons. The molecule has 1 aliphatic rings. The van der Waals surface area contributed by atoms with Crippen molar-refractivity contribution in [2.75, 3.05) is 28.6 Å². The van der Waals surface area contributed by atoms with Crippen molar-refractivity contribution in [1.82, 2.24) is 9.55 Å². The van der Waals surface area contributed by atoms with Gasteiger partial charge in [0.25, 0.3) is 11.5 Å². The highest BCUT2D eigenvalue weighted by Gasteiger charge is 2.29. The number of aromatic nitrogens is 2. The molecule has 9 nitrogen and oxygen atoms in total. The fraction of sp³-hybridized carbons (Fsp3) is 0.478. The molecule has 1 fully saturated rings. The van der Waals surface area contributed by atoms with Gasteiger partial charge < -0.3 is 15.5 Å². The van der Waals surface area contributed by atoms with Crippen molar-refractivity contribution in [1.29, 1.82) is 0 Å². The number of nitrogens with two attached hydrogens (primary N) is 1. The Labute approximate surface area is 197 Å². The first-order chi connectivity index (χ1) is 15.5. The van der Waals surface area contributed by atoms with Crippen LogP contribution in [0.5, 0.6) is 0 Å². The van der Waals surface area contributed by atoms with E-state index in [1.54, 1.807) is 23.1 Å². The molecule has 1 aromatic carbocycles. The van der Waals surface area contributed by atoms with Crippen molar-refractivity contribution in [2.24, 2.45) is 11.8 Å². The summed E-state index contributed by atoms with van der Waals surface area (Å²) in [4.78, 5) is 56.2. The molecular weight excluding hydrogens is 446 g/mol. The molecule has 0 spiro atoms. The van der Waals surface area contributed by atoms with Crippen LogP contribution in [0, 0.1) is 11.8 Å². The fourth-order valence-electron chi connectivity index (χ4n) is 3.94. The van der Waals surface area contributed by atoms with E-state index >= 15 is 0 Å². The Bertz CT molecular complexity index is 1180. The van der Waals surface area contributed by atoms with E-state index in [1.807, 2.05) is 27.7 Å². The minimum Gasteiger partial charge on any atom is -0.383 e. The van der Waals surface area contributed by atoms with Crippen molar-refractivity contribution in [3.63, 3.8) is 0 Å². The normalized spacial score (nSPS) is 13.9. The number of amides is 2. The summed E-state index contributed by atoms with van der Waals surface area (Å²) in [5.41, 5.74) is 5.58. The number of nitrogen functional groups attached to an aromatic ring is 1. The Morgan fingerprint density at radius 2 is 1.88 bits per heavy atom. The predicted octanol–water partition coefficient (Wildman–Crippen LogP) is 2.86. The van der Waals surface area contributed by atoms with Crippen LogP contribution in [0.2, 0.25) is 5.02 Å². The number of carbonyl (C=O) groups is 2. The minimum absolute atomic E-state index is 0.00478. The molecule has 33 heavy (non-hydrogen) atoms. The number of benzene rings is 1. The number of hydrogen-bond acceptors (Lipinski definition) is 5. The Hall–Kier alpha value is -3.07. The number of carbonyl (C=O) groups excluding carboxylic acids is 2. The van der Waals surface area contributed by atoms with Gasteiger partial charge in [-0.25, -0.2) is 4.79 Å². The molecule has 1 saturated heterocycles. The second-order valence-electron chi connectivity index (χ2n) is 9.12. The van der Waals surface area contributed by atoms with Gasteiger partial charge in [0.15, 0.2) is 5.69 Å². The average molecular weight is 476 g/mol. The van der Waals surface area contributed by atoms with Crippen molar-refractivity contribution < 1.29 is 9.59 Å². The van der Waals surface area contributed by atoms with E-state index in [2.05, 4.69) is 4.98 Å². The molecule has 3 N–H and O–H groups in total. The molecule has 0 bridgehead atoms. The number of H-pyrrole nitrogens is 1. The van der Waals surface area contributed by atoms with Crippen LogP contribution in [0.1, 0.15) is 50.9 Å². The monoisotopic (exact) mass is 475 g/mol. The summed E-state index contributed by atoms with van der Waals surface area (Å²) in [5, 5.41) is 0.361. The summed E-state index contributed by atoms with van der Waals surface area (Å²) in [6.45, 7) is 8.67. The van der Waals surface area contributed by atoms with E-state index < -0.39 is 17.2 Å². The van der Waals surface area contributed by atoms with Crippen molar-refractivity contribution in [3.8, 4) is 0 Å². The summed E-state index contributed by atoms with van der Waals surface area (Å²) >= 11 is 6.33. The van der Waals surface area contributed by atoms with E-state index in [4.69, 9.17) is 17.3 Å². The maximum absolute atomic E-state index is 13.6. The molecule has 0 aliphatic carbocycles. The number of halogens is 1. The number of nitrogens with one attached hydrogen (secondary N) is 1. The molecule has 0 unspecified atom stereocenters. The van der Waals surface area contributed by atoms with E-state index in [1.165, 1.54) is 9.47 Å². The molecule has 10 heteroatoms. The summed E-state index contributed by atoms with van der Waals surface area (Å²) in [6.07, 6.45) is 1.15. The van der Waals surface area contributed by atoms with Crippen LogP contribution in [0.3, 0.4) is 0 Å². The third-order valence-electron chi connectivity index (χ3n) is 5.38. The molecule has 0 radical (unpaired) electrons. The van der Waals surface area contributed by atoms with Gasteiger partial charge in [0.2, 0.25) is 5.91 Å². The molecular formula is C23H30ClN5O4. The Morgan fingerprint density at radius 1 is 1.18 bits per heavy atom. The maximum Gasteiger partial charge on any atom is 0.330 e. The van der Waals surface area contributed by atoms with Crippen molar-refractivity contribution >= 4 is 40.6 Å². The van der Waals surface area contributed by atoms with Gasteiger partial charge in [0.1, 0.15) is 5.82 Å². The average Bonchev–Trinajstić information content (AvgIpc) is 3.15. The Balaban J connectivity index is 2.12. The third-order valence-corrected chi connectivity index (χ3v) is 5.70. The van der Waals surface area contributed by atoms with E-state index in [-0.39, 0.29) is 41.4 Å². The first-order valence-corrected chi connectivity index (χ1v) is 11.4. The molecule has 2 heterocycles. The number of rotatable bonds is 7. The van der Waals surface area contributed by atoms with Gasteiger partial charge in [-0.2, -0.15) is 0 Å². The van der Waals surface area contributed by atoms with Crippen LogP contribution in [-0.2, 0) is 11.3 Å². The lowest BCUT2D eigenvalue weighted by Gasteiger charge is -2.27. The van der Waals surface area contributed by atoms with Crippen LogP contribution < -0.4 is 26.8 Å². The van der Waals surface area contributed by atoms with Crippen LogP contribution in [0.4, 0.5) is 17.2 Å². The van der Waals surface area contributed by atoms with Gasteiger partial charge in [-0.1, -0.05) is 39.3 Å². The van der Waals surface area contributed by atoms with Crippen LogP contribution in [0.25, 0.3) is 0 Å². The van der Waals surface area contributed by atoms with Gasteiger partial charge in [-0.05, 0) is 36.5 Å².